The zero-order valence-electron chi connectivity index (χ0n) is 13.9. The molecule has 1 fully saturated rings. The highest BCUT2D eigenvalue weighted by atomic mass is 32.2. The molecule has 2 atom stereocenters. The van der Waals surface area contributed by atoms with Crippen molar-refractivity contribution < 1.29 is 8.42 Å². The lowest BCUT2D eigenvalue weighted by Crippen LogP contribution is -2.15. The molecule has 0 aliphatic carbocycles. The van der Waals surface area contributed by atoms with E-state index in [9.17, 15) is 13.7 Å². The molecule has 1 saturated heterocycles. The Morgan fingerprint density at radius 2 is 2.12 bits per heavy atom. The molecule has 0 spiro atoms. The molecule has 2 aromatic rings. The van der Waals surface area contributed by atoms with Gasteiger partial charge in [0.05, 0.1) is 40.6 Å². The van der Waals surface area contributed by atoms with Gasteiger partial charge in [-0.2, -0.15) is 10.5 Å². The van der Waals surface area contributed by atoms with Gasteiger partial charge in [0.1, 0.15) is 5.82 Å². The number of para-hydroxylation sites is 2. The second-order valence-electron chi connectivity index (χ2n) is 6.62. The minimum absolute atomic E-state index is 0.0835. The maximum absolute atomic E-state index is 11.7. The first-order valence-electron chi connectivity index (χ1n) is 8.43. The molecule has 25 heavy (non-hydrogen) atoms. The number of sulfone groups is 1. The predicted molar refractivity (Wildman–Crippen MR) is 94.1 cm³/mol. The molecule has 2 heterocycles. The molecule has 3 rings (SSSR count). The Kier molecular flexibility index (Phi) is 5.06. The van der Waals surface area contributed by atoms with Crippen LogP contribution in [-0.4, -0.2) is 29.5 Å². The molecule has 7 heteroatoms. The number of hydrogen-bond donors (Lipinski definition) is 0. The molecule has 0 N–H and O–H groups in total. The highest BCUT2D eigenvalue weighted by Gasteiger charge is 2.29. The molecule has 1 aromatic carbocycles. The zero-order valence-corrected chi connectivity index (χ0v) is 14.7. The fourth-order valence-corrected chi connectivity index (χ4v) is 5.29. The van der Waals surface area contributed by atoms with E-state index in [1.165, 1.54) is 0 Å². The van der Waals surface area contributed by atoms with E-state index in [1.807, 2.05) is 28.8 Å². The lowest BCUT2D eigenvalue weighted by atomic mass is 10.0. The third-order valence-electron chi connectivity index (χ3n) is 4.72. The number of fused-ring (bicyclic) bond motifs is 1. The first-order valence-corrected chi connectivity index (χ1v) is 10.3. The minimum Gasteiger partial charge on any atom is -0.327 e. The monoisotopic (exact) mass is 356 g/mol. The topological polar surface area (TPSA) is 99.5 Å². The molecule has 1 aromatic heterocycles. The van der Waals surface area contributed by atoms with E-state index in [-0.39, 0.29) is 23.3 Å². The number of hydrogen-bond acceptors (Lipinski definition) is 5. The second kappa shape index (κ2) is 7.25. The van der Waals surface area contributed by atoms with Gasteiger partial charge in [0, 0.05) is 19.4 Å². The van der Waals surface area contributed by atoms with Gasteiger partial charge in [0.25, 0.3) is 0 Å². The summed E-state index contributed by atoms with van der Waals surface area (Å²) in [4.78, 5) is 4.69. The van der Waals surface area contributed by atoms with Gasteiger partial charge in [-0.3, -0.25) is 0 Å². The van der Waals surface area contributed by atoms with Crippen LogP contribution in [0.25, 0.3) is 11.0 Å². The first kappa shape index (κ1) is 17.4. The fraction of sp³-hybridized carbons (Fsp3) is 0.500. The zero-order chi connectivity index (χ0) is 17.9. The number of nitrogens with zero attached hydrogens (tertiary/aromatic N) is 4. The van der Waals surface area contributed by atoms with E-state index in [1.54, 1.807) is 0 Å². The Morgan fingerprint density at radius 1 is 1.32 bits per heavy atom. The van der Waals surface area contributed by atoms with Crippen LogP contribution in [0.15, 0.2) is 24.3 Å². The molecule has 0 unspecified atom stereocenters. The van der Waals surface area contributed by atoms with Crippen molar-refractivity contribution in [3.05, 3.63) is 30.1 Å². The predicted octanol–water partition coefficient (Wildman–Crippen LogP) is 2.46. The van der Waals surface area contributed by atoms with E-state index in [4.69, 9.17) is 5.26 Å². The maximum Gasteiger partial charge on any atom is 0.150 e. The van der Waals surface area contributed by atoms with E-state index in [2.05, 4.69) is 17.1 Å². The van der Waals surface area contributed by atoms with Crippen molar-refractivity contribution in [3.63, 3.8) is 0 Å². The Hall–Kier alpha value is -2.38. The van der Waals surface area contributed by atoms with Crippen LogP contribution in [0.4, 0.5) is 0 Å². The standard InChI is InChI=1S/C18H20N4O2S/c19-8-3-4-15(11-20)12-22-17-6-2-1-5-16(17)21-18(22)10-14-7-9-25(23,24)13-14/h1-2,5-6,14-15H,3-4,7,9-10,12-13H2/t14-,15+/m1/s1. The number of imidazole rings is 1. The summed E-state index contributed by atoms with van der Waals surface area (Å²) in [6.45, 7) is 0.480. The molecule has 130 valence electrons. The van der Waals surface area contributed by atoms with E-state index < -0.39 is 9.84 Å². The maximum atomic E-state index is 11.7. The van der Waals surface area contributed by atoms with Gasteiger partial charge in [-0.05, 0) is 30.9 Å². The van der Waals surface area contributed by atoms with Gasteiger partial charge in [0.15, 0.2) is 9.84 Å². The number of nitriles is 2. The third kappa shape index (κ3) is 4.00. The highest BCUT2D eigenvalue weighted by Crippen LogP contribution is 2.26. The molecular weight excluding hydrogens is 336 g/mol. The molecule has 0 saturated carbocycles. The molecule has 1 aliphatic rings. The lowest BCUT2D eigenvalue weighted by Gasteiger charge is -2.14. The van der Waals surface area contributed by atoms with Crippen molar-refractivity contribution >= 4 is 20.9 Å². The summed E-state index contributed by atoms with van der Waals surface area (Å²) < 4.78 is 25.5. The van der Waals surface area contributed by atoms with Crippen LogP contribution in [0.1, 0.15) is 25.1 Å². The smallest absolute Gasteiger partial charge is 0.150 e. The second-order valence-corrected chi connectivity index (χ2v) is 8.85. The van der Waals surface area contributed by atoms with Crippen molar-refractivity contribution in [1.29, 1.82) is 10.5 Å². The van der Waals surface area contributed by atoms with Crippen molar-refractivity contribution in [3.8, 4) is 12.1 Å². The van der Waals surface area contributed by atoms with E-state index in [0.717, 1.165) is 16.9 Å². The SMILES string of the molecule is N#CCC[C@@H](C#N)Cn1c(C[C@H]2CCS(=O)(=O)C2)nc2ccccc21. The molecule has 1 aliphatic heterocycles. The van der Waals surface area contributed by atoms with Crippen LogP contribution >= 0.6 is 0 Å². The van der Waals surface area contributed by atoms with Gasteiger partial charge >= 0.3 is 0 Å². The average Bonchev–Trinajstić information content (AvgIpc) is 3.11. The van der Waals surface area contributed by atoms with Crippen LogP contribution < -0.4 is 0 Å². The quantitative estimate of drug-likeness (QED) is 0.791. The molecular formula is C18H20N4O2S. The Labute approximate surface area is 147 Å². The molecule has 0 bridgehead atoms. The number of benzene rings is 1. The van der Waals surface area contributed by atoms with Crippen LogP contribution in [0.5, 0.6) is 0 Å². The normalized spacial score (nSPS) is 20.2. The van der Waals surface area contributed by atoms with Gasteiger partial charge in [-0.1, -0.05) is 12.1 Å². The van der Waals surface area contributed by atoms with Crippen LogP contribution in [0.2, 0.25) is 0 Å². The van der Waals surface area contributed by atoms with Crippen molar-refractivity contribution in [1.82, 2.24) is 9.55 Å². The summed E-state index contributed by atoms with van der Waals surface area (Å²) in [5.41, 5.74) is 1.81. The lowest BCUT2D eigenvalue weighted by molar-refractivity contribution is 0.485. The molecule has 6 nitrogen and oxygen atoms in total. The van der Waals surface area contributed by atoms with E-state index in [0.29, 0.717) is 32.2 Å². The number of rotatable bonds is 6. The van der Waals surface area contributed by atoms with Gasteiger partial charge in [-0.15, -0.1) is 0 Å². The van der Waals surface area contributed by atoms with Gasteiger partial charge in [0.2, 0.25) is 0 Å². The first-order chi connectivity index (χ1) is 12.0. The van der Waals surface area contributed by atoms with E-state index >= 15 is 0 Å². The summed E-state index contributed by atoms with van der Waals surface area (Å²) in [6, 6.07) is 12.1. The summed E-state index contributed by atoms with van der Waals surface area (Å²) >= 11 is 0. The Morgan fingerprint density at radius 3 is 2.80 bits per heavy atom. The minimum atomic E-state index is -2.92. The summed E-state index contributed by atoms with van der Waals surface area (Å²) in [6.07, 6.45) is 2.14. The summed E-state index contributed by atoms with van der Waals surface area (Å²) in [5.74, 6) is 1.12. The summed E-state index contributed by atoms with van der Waals surface area (Å²) in [5, 5.41) is 18.2. The van der Waals surface area contributed by atoms with Gasteiger partial charge in [-0.25, -0.2) is 13.4 Å². The Balaban J connectivity index is 1.89. The summed E-state index contributed by atoms with van der Waals surface area (Å²) in [7, 11) is -2.92. The van der Waals surface area contributed by atoms with Crippen molar-refractivity contribution in [2.75, 3.05) is 11.5 Å². The fourth-order valence-electron chi connectivity index (χ4n) is 3.43. The largest absolute Gasteiger partial charge is 0.327 e. The van der Waals surface area contributed by atoms with Crippen LogP contribution in [0.3, 0.4) is 0 Å². The molecule has 0 radical (unpaired) electrons. The number of aromatic nitrogens is 2. The van der Waals surface area contributed by atoms with Crippen LogP contribution in [-0.2, 0) is 22.8 Å². The average molecular weight is 356 g/mol. The highest BCUT2D eigenvalue weighted by molar-refractivity contribution is 7.91. The molecule has 0 amide bonds. The van der Waals surface area contributed by atoms with Crippen molar-refractivity contribution in [2.45, 2.75) is 32.2 Å². The van der Waals surface area contributed by atoms with Crippen LogP contribution in [0, 0.1) is 34.5 Å². The van der Waals surface area contributed by atoms with Gasteiger partial charge < -0.3 is 4.57 Å². The van der Waals surface area contributed by atoms with Crippen molar-refractivity contribution in [2.24, 2.45) is 11.8 Å². The Bertz CT molecular complexity index is 950. The third-order valence-corrected chi connectivity index (χ3v) is 6.56.